The van der Waals surface area contributed by atoms with E-state index in [1.165, 1.54) is 0 Å². The second-order valence-corrected chi connectivity index (χ2v) is 4.08. The van der Waals surface area contributed by atoms with Crippen molar-refractivity contribution in [1.29, 1.82) is 0 Å². The monoisotopic (exact) mass is 229 g/mol. The summed E-state index contributed by atoms with van der Waals surface area (Å²) in [6.45, 7) is 0.296. The van der Waals surface area contributed by atoms with E-state index in [1.54, 1.807) is 0 Å². The van der Waals surface area contributed by atoms with Crippen molar-refractivity contribution < 1.29 is 26.5 Å². The van der Waals surface area contributed by atoms with Crippen LogP contribution in [-0.4, -0.2) is 54.4 Å². The standard InChI is InChI=1S/C7H15FO5S/c1-14(9,10)13-7-6-12-5-4-11-3-2-8/h2-7H2,1H3/i8-1. The van der Waals surface area contributed by atoms with E-state index in [-0.39, 0.29) is 19.8 Å². The van der Waals surface area contributed by atoms with Crippen molar-refractivity contribution in [2.24, 2.45) is 0 Å². The van der Waals surface area contributed by atoms with E-state index >= 15 is 0 Å². The molecule has 0 aliphatic carbocycles. The molecule has 0 spiro atoms. The Morgan fingerprint density at radius 3 is 2.00 bits per heavy atom. The molecule has 86 valence electrons. The molecule has 0 aromatic rings. The minimum atomic E-state index is -3.39. The van der Waals surface area contributed by atoms with Crippen LogP contribution in [-0.2, 0) is 23.8 Å². The fraction of sp³-hybridized carbons (Fsp3) is 1.00. The highest BCUT2D eigenvalue weighted by Gasteiger charge is 1.99. The Labute approximate surface area is 83.3 Å². The zero-order valence-corrected chi connectivity index (χ0v) is 8.89. The first kappa shape index (κ1) is 13.8. The third-order valence-corrected chi connectivity index (χ3v) is 1.71. The molecule has 0 rings (SSSR count). The molecule has 0 radical (unpaired) electrons. The maximum atomic E-state index is 11.5. The maximum absolute atomic E-state index is 11.5. The van der Waals surface area contributed by atoms with E-state index in [1.807, 2.05) is 0 Å². The van der Waals surface area contributed by atoms with Crippen LogP contribution in [0.2, 0.25) is 0 Å². The largest absolute Gasteiger partial charge is 0.377 e. The van der Waals surface area contributed by atoms with Gasteiger partial charge < -0.3 is 9.47 Å². The Morgan fingerprint density at radius 1 is 1.00 bits per heavy atom. The van der Waals surface area contributed by atoms with Crippen molar-refractivity contribution in [3.8, 4) is 0 Å². The van der Waals surface area contributed by atoms with Crippen LogP contribution in [0.25, 0.3) is 0 Å². The summed E-state index contributed by atoms with van der Waals surface area (Å²) in [5, 5.41) is 0. The number of hydrogen-bond donors (Lipinski definition) is 0. The van der Waals surface area contributed by atoms with Gasteiger partial charge in [-0.2, -0.15) is 8.42 Å². The van der Waals surface area contributed by atoms with Gasteiger partial charge in [0, 0.05) is 0 Å². The smallest absolute Gasteiger partial charge is 0.264 e. The molecule has 0 N–H and O–H groups in total. The molecule has 0 aliphatic heterocycles. The Hall–Kier alpha value is -0.240. The zero-order chi connectivity index (χ0) is 10.9. The van der Waals surface area contributed by atoms with Crippen LogP contribution in [0.5, 0.6) is 0 Å². The van der Waals surface area contributed by atoms with Crippen molar-refractivity contribution in [2.45, 2.75) is 0 Å². The van der Waals surface area contributed by atoms with Crippen molar-refractivity contribution in [3.05, 3.63) is 0 Å². The van der Waals surface area contributed by atoms with Crippen LogP contribution in [0.3, 0.4) is 0 Å². The van der Waals surface area contributed by atoms with Crippen molar-refractivity contribution in [3.63, 3.8) is 0 Å². The van der Waals surface area contributed by atoms with Gasteiger partial charge in [-0.1, -0.05) is 0 Å². The molecule has 0 saturated carbocycles. The first-order valence-corrected chi connectivity index (χ1v) is 5.94. The lowest BCUT2D eigenvalue weighted by atomic mass is 10.7. The predicted octanol–water partition coefficient (Wildman–Crippen LogP) is -0.0347. The fourth-order valence-corrected chi connectivity index (χ4v) is 0.992. The first-order valence-electron chi connectivity index (χ1n) is 4.12. The summed E-state index contributed by atoms with van der Waals surface area (Å²) in [7, 11) is -3.39. The summed E-state index contributed by atoms with van der Waals surface area (Å²) in [6, 6.07) is 0. The zero-order valence-electron chi connectivity index (χ0n) is 8.07. The fourth-order valence-electron chi connectivity index (χ4n) is 0.621. The molecule has 0 atom stereocenters. The summed E-state index contributed by atoms with van der Waals surface area (Å²) in [5.41, 5.74) is 0. The van der Waals surface area contributed by atoms with Crippen molar-refractivity contribution in [2.75, 3.05) is 46.0 Å². The van der Waals surface area contributed by atoms with Crippen LogP contribution in [0, 0.1) is 0 Å². The number of ether oxygens (including phenoxy) is 2. The average Bonchev–Trinajstić information content (AvgIpc) is 2.08. The summed E-state index contributed by atoms with van der Waals surface area (Å²) >= 11 is 0. The number of hydrogen-bond acceptors (Lipinski definition) is 5. The van der Waals surface area contributed by atoms with Gasteiger partial charge >= 0.3 is 0 Å². The van der Waals surface area contributed by atoms with Crippen LogP contribution in [0.1, 0.15) is 0 Å². The van der Waals surface area contributed by atoms with E-state index in [2.05, 4.69) is 4.18 Å². The second-order valence-electron chi connectivity index (χ2n) is 2.44. The van der Waals surface area contributed by atoms with Crippen LogP contribution >= 0.6 is 0 Å². The van der Waals surface area contributed by atoms with Gasteiger partial charge in [0.25, 0.3) is 10.1 Å². The first-order chi connectivity index (χ1) is 6.56. The van der Waals surface area contributed by atoms with Gasteiger partial charge in [-0.05, 0) is 0 Å². The average molecular weight is 229 g/mol. The summed E-state index contributed by atoms with van der Waals surface area (Å²) in [5.74, 6) is 0. The molecular formula is C7H15FO5S. The van der Waals surface area contributed by atoms with Gasteiger partial charge in [0.2, 0.25) is 0 Å². The minimum absolute atomic E-state index is 0.0120. The number of alkyl halides is 1. The molecule has 0 bridgehead atoms. The molecule has 0 aromatic heterocycles. The molecule has 0 aliphatic rings. The molecule has 0 fully saturated rings. The molecule has 7 heteroatoms. The minimum Gasteiger partial charge on any atom is -0.377 e. The summed E-state index contributed by atoms with van der Waals surface area (Å²) < 4.78 is 46.5. The van der Waals surface area contributed by atoms with Gasteiger partial charge in [0.15, 0.2) is 0 Å². The Balaban J connectivity index is 3.07. The van der Waals surface area contributed by atoms with Crippen LogP contribution in [0.4, 0.5) is 4.39 Å². The number of rotatable bonds is 9. The van der Waals surface area contributed by atoms with Gasteiger partial charge in [0.05, 0.1) is 39.3 Å². The van der Waals surface area contributed by atoms with Gasteiger partial charge in [0.1, 0.15) is 6.67 Å². The van der Waals surface area contributed by atoms with E-state index in [4.69, 9.17) is 9.47 Å². The lowest BCUT2D eigenvalue weighted by molar-refractivity contribution is 0.0333. The maximum Gasteiger partial charge on any atom is 0.264 e. The van der Waals surface area contributed by atoms with E-state index in [9.17, 15) is 12.8 Å². The van der Waals surface area contributed by atoms with Crippen molar-refractivity contribution >= 4 is 10.1 Å². The highest BCUT2D eigenvalue weighted by molar-refractivity contribution is 7.85. The SMILES string of the molecule is CS(=O)(=O)OCCOCCOCC[18F]. The molecule has 0 saturated heterocycles. The van der Waals surface area contributed by atoms with E-state index < -0.39 is 16.8 Å². The Bertz CT molecular complexity index is 216. The normalized spacial score (nSPS) is 11.9. The summed E-state index contributed by atoms with van der Waals surface area (Å²) in [6.07, 6.45) is 0.970. The van der Waals surface area contributed by atoms with Gasteiger partial charge in [-0.25, -0.2) is 4.39 Å². The molecule has 0 heterocycles. The van der Waals surface area contributed by atoms with E-state index in [0.29, 0.717) is 13.2 Å². The Morgan fingerprint density at radius 2 is 1.50 bits per heavy atom. The molecular weight excluding hydrogens is 214 g/mol. The summed E-state index contributed by atoms with van der Waals surface area (Å²) in [4.78, 5) is 0. The van der Waals surface area contributed by atoms with Crippen molar-refractivity contribution in [1.82, 2.24) is 0 Å². The van der Waals surface area contributed by atoms with Gasteiger partial charge in [-0.3, -0.25) is 4.18 Å². The third-order valence-electron chi connectivity index (χ3n) is 1.12. The number of halogens is 1. The molecule has 5 nitrogen and oxygen atoms in total. The second kappa shape index (κ2) is 8.10. The molecule has 14 heavy (non-hydrogen) atoms. The van der Waals surface area contributed by atoms with E-state index in [0.717, 1.165) is 6.26 Å². The quantitative estimate of drug-likeness (QED) is 0.410. The Kier molecular flexibility index (Phi) is 7.96. The molecule has 0 amide bonds. The molecule has 0 aromatic carbocycles. The van der Waals surface area contributed by atoms with Crippen LogP contribution in [0.15, 0.2) is 0 Å². The molecule has 0 unspecified atom stereocenters. The van der Waals surface area contributed by atoms with Crippen LogP contribution < -0.4 is 0 Å². The third kappa shape index (κ3) is 11.8. The lowest BCUT2D eigenvalue weighted by Crippen LogP contribution is -2.12. The highest BCUT2D eigenvalue weighted by Crippen LogP contribution is 1.86. The van der Waals surface area contributed by atoms with Gasteiger partial charge in [-0.15, -0.1) is 0 Å². The highest BCUT2D eigenvalue weighted by atomic mass is 32.2. The topological polar surface area (TPSA) is 61.8 Å². The predicted molar refractivity (Wildman–Crippen MR) is 48.4 cm³/mol. The lowest BCUT2D eigenvalue weighted by Gasteiger charge is -2.04.